The minimum atomic E-state index is -3.89. The number of rotatable bonds is 11. The van der Waals surface area contributed by atoms with E-state index in [0.29, 0.717) is 13.0 Å². The molecule has 0 aliphatic rings. The molecule has 1 atom stereocenters. The zero-order valence-electron chi connectivity index (χ0n) is 19.5. The van der Waals surface area contributed by atoms with Crippen molar-refractivity contribution in [1.82, 2.24) is 10.2 Å². The van der Waals surface area contributed by atoms with E-state index in [-0.39, 0.29) is 24.1 Å². The number of halogens is 1. The molecule has 180 valence electrons. The summed E-state index contributed by atoms with van der Waals surface area (Å²) in [5.74, 6) is -1.24. The monoisotopic (exact) mass is 477 g/mol. The molecule has 33 heavy (non-hydrogen) atoms. The maximum Gasteiger partial charge on any atom is 0.244 e. The summed E-state index contributed by atoms with van der Waals surface area (Å²) in [6.45, 7) is 5.78. The van der Waals surface area contributed by atoms with Crippen LogP contribution in [0.2, 0.25) is 0 Å². The second kappa shape index (κ2) is 11.8. The molecule has 0 spiro atoms. The molecule has 0 saturated carbocycles. The zero-order chi connectivity index (χ0) is 24.6. The summed E-state index contributed by atoms with van der Waals surface area (Å²) < 4.78 is 39.6. The number of carbonyl (C=O) groups is 2. The van der Waals surface area contributed by atoms with E-state index in [1.165, 1.54) is 23.1 Å². The first-order valence-electron chi connectivity index (χ1n) is 10.9. The lowest BCUT2D eigenvalue weighted by molar-refractivity contribution is -0.140. The first-order valence-corrected chi connectivity index (χ1v) is 12.7. The molecule has 0 saturated heterocycles. The van der Waals surface area contributed by atoms with Crippen LogP contribution in [0.1, 0.15) is 32.8 Å². The van der Waals surface area contributed by atoms with Crippen LogP contribution in [0.25, 0.3) is 0 Å². The highest BCUT2D eigenvalue weighted by molar-refractivity contribution is 7.92. The molecule has 1 N–H and O–H groups in total. The number of anilines is 1. The van der Waals surface area contributed by atoms with Crippen LogP contribution in [-0.2, 0) is 26.2 Å². The van der Waals surface area contributed by atoms with Crippen molar-refractivity contribution in [2.24, 2.45) is 5.92 Å². The van der Waals surface area contributed by atoms with Gasteiger partial charge in [-0.25, -0.2) is 12.8 Å². The minimum Gasteiger partial charge on any atom is -0.354 e. The molecule has 2 aromatic rings. The van der Waals surface area contributed by atoms with Gasteiger partial charge in [0.25, 0.3) is 0 Å². The summed E-state index contributed by atoms with van der Waals surface area (Å²) in [5.41, 5.74) is 0.848. The van der Waals surface area contributed by atoms with E-state index >= 15 is 0 Å². The number of hydrogen-bond acceptors (Lipinski definition) is 4. The minimum absolute atomic E-state index is 0.0443. The molecule has 2 aromatic carbocycles. The summed E-state index contributed by atoms with van der Waals surface area (Å²) >= 11 is 0. The Morgan fingerprint density at radius 2 is 1.73 bits per heavy atom. The van der Waals surface area contributed by atoms with Crippen LogP contribution in [0.4, 0.5) is 10.1 Å². The fraction of sp³-hybridized carbons (Fsp3) is 0.417. The first-order chi connectivity index (χ1) is 15.5. The third kappa shape index (κ3) is 7.85. The molecular formula is C24H32FN3O4S. The Bertz CT molecular complexity index is 1040. The highest BCUT2D eigenvalue weighted by Crippen LogP contribution is 2.20. The average molecular weight is 478 g/mol. The van der Waals surface area contributed by atoms with Crippen LogP contribution in [0.15, 0.2) is 54.6 Å². The van der Waals surface area contributed by atoms with Crippen LogP contribution in [0, 0.1) is 11.7 Å². The second-order valence-electron chi connectivity index (χ2n) is 8.32. The van der Waals surface area contributed by atoms with Gasteiger partial charge in [-0.1, -0.05) is 57.2 Å². The van der Waals surface area contributed by atoms with Crippen molar-refractivity contribution in [2.45, 2.75) is 39.8 Å². The van der Waals surface area contributed by atoms with Crippen molar-refractivity contribution in [3.05, 3.63) is 66.0 Å². The number of nitrogens with zero attached hydrogens (tertiary/aromatic N) is 2. The molecule has 0 aliphatic heterocycles. The van der Waals surface area contributed by atoms with Crippen molar-refractivity contribution in [2.75, 3.05) is 23.7 Å². The van der Waals surface area contributed by atoms with Gasteiger partial charge in [-0.3, -0.25) is 13.9 Å². The molecule has 0 fully saturated rings. The topological polar surface area (TPSA) is 86.8 Å². The Hall–Kier alpha value is -2.94. The summed E-state index contributed by atoms with van der Waals surface area (Å²) in [6.07, 6.45) is 1.31. The van der Waals surface area contributed by atoms with Crippen LogP contribution < -0.4 is 9.62 Å². The Balaban J connectivity index is 2.39. The second-order valence-corrected chi connectivity index (χ2v) is 10.2. The van der Waals surface area contributed by atoms with Gasteiger partial charge >= 0.3 is 0 Å². The normalized spacial score (nSPS) is 12.3. The number of carbonyl (C=O) groups excluding carboxylic acids is 2. The fourth-order valence-corrected chi connectivity index (χ4v) is 4.21. The third-order valence-electron chi connectivity index (χ3n) is 5.04. The van der Waals surface area contributed by atoms with Gasteiger partial charge in [0.15, 0.2) is 0 Å². The van der Waals surface area contributed by atoms with Gasteiger partial charge in [-0.2, -0.15) is 0 Å². The van der Waals surface area contributed by atoms with E-state index in [1.807, 2.05) is 44.2 Å². The van der Waals surface area contributed by atoms with E-state index in [4.69, 9.17) is 0 Å². The molecular weight excluding hydrogens is 445 g/mol. The third-order valence-corrected chi connectivity index (χ3v) is 6.18. The highest BCUT2D eigenvalue weighted by atomic mass is 32.2. The van der Waals surface area contributed by atoms with Crippen molar-refractivity contribution in [3.63, 3.8) is 0 Å². The van der Waals surface area contributed by atoms with Crippen molar-refractivity contribution >= 4 is 27.5 Å². The molecule has 2 amide bonds. The fourth-order valence-electron chi connectivity index (χ4n) is 3.37. The molecule has 0 heterocycles. The largest absolute Gasteiger partial charge is 0.354 e. The molecule has 9 heteroatoms. The van der Waals surface area contributed by atoms with E-state index in [1.54, 1.807) is 6.92 Å². The molecule has 0 bridgehead atoms. The summed E-state index contributed by atoms with van der Waals surface area (Å²) in [4.78, 5) is 27.8. The predicted octanol–water partition coefficient (Wildman–Crippen LogP) is 3.17. The Kier molecular flexibility index (Phi) is 9.40. The van der Waals surface area contributed by atoms with E-state index in [0.717, 1.165) is 22.2 Å². The number of sulfonamides is 1. The van der Waals surface area contributed by atoms with Crippen LogP contribution >= 0.6 is 0 Å². The zero-order valence-corrected chi connectivity index (χ0v) is 20.3. The van der Waals surface area contributed by atoms with E-state index in [2.05, 4.69) is 5.32 Å². The maximum absolute atomic E-state index is 13.8. The SMILES string of the molecule is CC[C@@H](C(=O)NCC(C)C)N(Cc1ccccc1)C(=O)CN(c1cccc(F)c1)S(C)(=O)=O. The maximum atomic E-state index is 13.8. The van der Waals surface area contributed by atoms with Gasteiger partial charge < -0.3 is 10.2 Å². The van der Waals surface area contributed by atoms with Gasteiger partial charge in [0, 0.05) is 13.1 Å². The summed E-state index contributed by atoms with van der Waals surface area (Å²) in [6, 6.07) is 13.4. The average Bonchev–Trinajstić information content (AvgIpc) is 2.75. The lowest BCUT2D eigenvalue weighted by Crippen LogP contribution is -2.52. The van der Waals surface area contributed by atoms with Gasteiger partial charge in [0.1, 0.15) is 18.4 Å². The molecule has 0 unspecified atom stereocenters. The predicted molar refractivity (Wildman–Crippen MR) is 128 cm³/mol. The van der Waals surface area contributed by atoms with Crippen LogP contribution in [0.3, 0.4) is 0 Å². The van der Waals surface area contributed by atoms with Gasteiger partial charge in [-0.15, -0.1) is 0 Å². The number of amides is 2. The number of nitrogens with one attached hydrogen (secondary N) is 1. The Morgan fingerprint density at radius 1 is 1.06 bits per heavy atom. The van der Waals surface area contributed by atoms with Crippen LogP contribution in [-0.4, -0.2) is 50.5 Å². The molecule has 0 aromatic heterocycles. The smallest absolute Gasteiger partial charge is 0.244 e. The molecule has 7 nitrogen and oxygen atoms in total. The quantitative estimate of drug-likeness (QED) is 0.539. The standard InChI is InChI=1S/C24H32FN3O4S/c1-5-22(24(30)26-15-18(2)3)27(16-19-10-7-6-8-11-19)23(29)17-28(33(4,31)32)21-13-9-12-20(25)14-21/h6-14,18,22H,5,15-17H2,1-4H3,(H,26,30)/t22-/m0/s1. The van der Waals surface area contributed by atoms with Crippen LogP contribution in [0.5, 0.6) is 0 Å². The first kappa shape index (κ1) is 26.3. The van der Waals surface area contributed by atoms with Crippen molar-refractivity contribution in [3.8, 4) is 0 Å². The van der Waals surface area contributed by atoms with Gasteiger partial charge in [0.2, 0.25) is 21.8 Å². The summed E-state index contributed by atoms with van der Waals surface area (Å²) in [5, 5.41) is 2.86. The summed E-state index contributed by atoms with van der Waals surface area (Å²) in [7, 11) is -3.89. The van der Waals surface area contributed by atoms with E-state index in [9.17, 15) is 22.4 Å². The Labute approximate surface area is 195 Å². The molecule has 0 radical (unpaired) electrons. The highest BCUT2D eigenvalue weighted by Gasteiger charge is 2.31. The number of hydrogen-bond donors (Lipinski definition) is 1. The van der Waals surface area contributed by atoms with Gasteiger partial charge in [-0.05, 0) is 36.1 Å². The lowest BCUT2D eigenvalue weighted by Gasteiger charge is -2.33. The van der Waals surface area contributed by atoms with Crippen molar-refractivity contribution < 1.29 is 22.4 Å². The van der Waals surface area contributed by atoms with Gasteiger partial charge in [0.05, 0.1) is 11.9 Å². The van der Waals surface area contributed by atoms with Crippen molar-refractivity contribution in [1.29, 1.82) is 0 Å². The lowest BCUT2D eigenvalue weighted by atomic mass is 10.1. The number of benzene rings is 2. The molecule has 0 aliphatic carbocycles. The Morgan fingerprint density at radius 3 is 2.27 bits per heavy atom. The van der Waals surface area contributed by atoms with E-state index < -0.39 is 34.3 Å². The molecule has 2 rings (SSSR count).